The fourth-order valence-corrected chi connectivity index (χ4v) is 2.71. The lowest BCUT2D eigenvalue weighted by molar-refractivity contribution is -0.139. The summed E-state index contributed by atoms with van der Waals surface area (Å²) < 4.78 is 0. The number of aliphatic carboxylic acids is 1. The first-order valence-electron chi connectivity index (χ1n) is 6.42. The second-order valence-electron chi connectivity index (χ2n) is 4.78. The van der Waals surface area contributed by atoms with Gasteiger partial charge in [-0.3, -0.25) is 4.79 Å². The molecule has 2 rings (SSSR count). The minimum absolute atomic E-state index is 0.407. The molecule has 1 unspecified atom stereocenters. The molecule has 1 atom stereocenters. The minimum Gasteiger partial charge on any atom is -0.479 e. The number of aryl methyl sites for hydroxylation is 2. The van der Waals surface area contributed by atoms with Crippen molar-refractivity contribution in [2.45, 2.75) is 26.8 Å². The van der Waals surface area contributed by atoms with Crippen LogP contribution in [0.2, 0.25) is 0 Å². The quantitative estimate of drug-likeness (QED) is 0.910. The molecule has 1 heterocycles. The van der Waals surface area contributed by atoms with Crippen LogP contribution in [0.25, 0.3) is 0 Å². The number of hydrogen-bond donors (Lipinski definition) is 2. The number of aromatic nitrogens is 1. The Balaban J connectivity index is 2.30. The topological polar surface area (TPSA) is 79.3 Å². The largest absolute Gasteiger partial charge is 0.479 e. The number of carboxylic acids is 1. The summed E-state index contributed by atoms with van der Waals surface area (Å²) in [5.74, 6) is -1.51. The standard InChI is InChI=1S/C15H16N2O3S/c1-8-5-4-6-11(9(8)2)13(15(19)20)17-14(18)12-7-16-10(3)21-12/h4-7,13H,1-3H3,(H,17,18)(H,19,20). The first kappa shape index (κ1) is 15.2. The van der Waals surface area contributed by atoms with E-state index in [1.54, 1.807) is 19.1 Å². The Morgan fingerprint density at radius 3 is 2.57 bits per heavy atom. The lowest BCUT2D eigenvalue weighted by atomic mass is 9.97. The van der Waals surface area contributed by atoms with E-state index in [1.165, 1.54) is 17.5 Å². The van der Waals surface area contributed by atoms with Crippen molar-refractivity contribution in [3.05, 3.63) is 51.0 Å². The Morgan fingerprint density at radius 1 is 1.29 bits per heavy atom. The van der Waals surface area contributed by atoms with Gasteiger partial charge in [-0.1, -0.05) is 18.2 Å². The number of carboxylic acid groups (broad SMARTS) is 1. The van der Waals surface area contributed by atoms with Crippen LogP contribution in [0.15, 0.2) is 24.4 Å². The zero-order valence-corrected chi connectivity index (χ0v) is 12.8. The van der Waals surface area contributed by atoms with Crippen LogP contribution in [0.5, 0.6) is 0 Å². The molecular weight excluding hydrogens is 288 g/mol. The smallest absolute Gasteiger partial charge is 0.330 e. The maximum Gasteiger partial charge on any atom is 0.330 e. The van der Waals surface area contributed by atoms with Crippen molar-refractivity contribution in [3.8, 4) is 0 Å². The number of hydrogen-bond acceptors (Lipinski definition) is 4. The van der Waals surface area contributed by atoms with Gasteiger partial charge in [-0.15, -0.1) is 11.3 Å². The minimum atomic E-state index is -1.08. The Morgan fingerprint density at radius 2 is 2.00 bits per heavy atom. The van der Waals surface area contributed by atoms with E-state index in [1.807, 2.05) is 19.9 Å². The SMILES string of the molecule is Cc1ncc(C(=O)NC(C(=O)O)c2cccc(C)c2C)s1. The summed E-state index contributed by atoms with van der Waals surface area (Å²) in [4.78, 5) is 28.1. The maximum absolute atomic E-state index is 12.1. The molecule has 0 saturated carbocycles. The first-order valence-corrected chi connectivity index (χ1v) is 7.24. The third-order valence-electron chi connectivity index (χ3n) is 3.32. The number of benzene rings is 1. The summed E-state index contributed by atoms with van der Waals surface area (Å²) in [7, 11) is 0. The summed E-state index contributed by atoms with van der Waals surface area (Å²) >= 11 is 1.24. The van der Waals surface area contributed by atoms with Gasteiger partial charge in [-0.25, -0.2) is 9.78 Å². The zero-order chi connectivity index (χ0) is 15.6. The summed E-state index contributed by atoms with van der Waals surface area (Å²) in [5.41, 5.74) is 2.45. The highest BCUT2D eigenvalue weighted by Crippen LogP contribution is 2.22. The third kappa shape index (κ3) is 3.28. The molecule has 1 aromatic heterocycles. The molecule has 2 N–H and O–H groups in total. The Labute approximate surface area is 126 Å². The van der Waals surface area contributed by atoms with E-state index in [0.29, 0.717) is 10.4 Å². The molecule has 0 aliphatic rings. The lowest BCUT2D eigenvalue weighted by Crippen LogP contribution is -2.33. The molecule has 1 amide bonds. The molecule has 5 nitrogen and oxygen atoms in total. The van der Waals surface area contributed by atoms with Gasteiger partial charge in [-0.05, 0) is 37.5 Å². The Bertz CT molecular complexity index is 694. The highest BCUT2D eigenvalue weighted by Gasteiger charge is 2.25. The Hall–Kier alpha value is -2.21. The molecule has 21 heavy (non-hydrogen) atoms. The molecule has 0 saturated heterocycles. The normalized spacial score (nSPS) is 12.0. The average molecular weight is 304 g/mol. The van der Waals surface area contributed by atoms with Crippen LogP contribution in [0, 0.1) is 20.8 Å². The summed E-state index contributed by atoms with van der Waals surface area (Å²) in [5, 5.41) is 12.7. The molecule has 0 fully saturated rings. The van der Waals surface area contributed by atoms with Crippen molar-refractivity contribution in [3.63, 3.8) is 0 Å². The molecule has 6 heteroatoms. The van der Waals surface area contributed by atoms with Crippen LogP contribution < -0.4 is 5.32 Å². The van der Waals surface area contributed by atoms with E-state index in [4.69, 9.17) is 0 Å². The summed E-state index contributed by atoms with van der Waals surface area (Å²) in [6, 6.07) is 4.35. The van der Waals surface area contributed by atoms with Crippen LogP contribution in [0.3, 0.4) is 0 Å². The van der Waals surface area contributed by atoms with E-state index in [0.717, 1.165) is 16.1 Å². The van der Waals surface area contributed by atoms with Crippen LogP contribution in [0.1, 0.15) is 37.4 Å². The highest BCUT2D eigenvalue weighted by molar-refractivity contribution is 7.13. The molecular formula is C15H16N2O3S. The van der Waals surface area contributed by atoms with Gasteiger partial charge in [0, 0.05) is 0 Å². The number of amides is 1. The highest BCUT2D eigenvalue weighted by atomic mass is 32.1. The molecule has 0 radical (unpaired) electrons. The van der Waals surface area contributed by atoms with E-state index in [2.05, 4.69) is 10.3 Å². The molecule has 2 aromatic rings. The molecule has 0 bridgehead atoms. The molecule has 110 valence electrons. The van der Waals surface area contributed by atoms with Crippen molar-refractivity contribution >= 4 is 23.2 Å². The van der Waals surface area contributed by atoms with Gasteiger partial charge in [0.1, 0.15) is 4.88 Å². The van der Waals surface area contributed by atoms with E-state index >= 15 is 0 Å². The third-order valence-corrected chi connectivity index (χ3v) is 4.24. The number of carbonyl (C=O) groups is 2. The van der Waals surface area contributed by atoms with Crippen molar-refractivity contribution in [1.29, 1.82) is 0 Å². The molecule has 1 aromatic carbocycles. The molecule has 0 spiro atoms. The molecule has 0 aliphatic carbocycles. The number of rotatable bonds is 4. The number of nitrogens with one attached hydrogen (secondary N) is 1. The fourth-order valence-electron chi connectivity index (χ4n) is 2.03. The van der Waals surface area contributed by atoms with Gasteiger partial charge >= 0.3 is 5.97 Å². The zero-order valence-electron chi connectivity index (χ0n) is 12.0. The van der Waals surface area contributed by atoms with Crippen LogP contribution in [-0.2, 0) is 4.79 Å². The van der Waals surface area contributed by atoms with Gasteiger partial charge in [0.25, 0.3) is 5.91 Å². The van der Waals surface area contributed by atoms with Gasteiger partial charge in [-0.2, -0.15) is 0 Å². The van der Waals surface area contributed by atoms with Gasteiger partial charge in [0.05, 0.1) is 11.2 Å². The average Bonchev–Trinajstić information content (AvgIpc) is 2.86. The fraction of sp³-hybridized carbons (Fsp3) is 0.267. The number of nitrogens with zero attached hydrogens (tertiary/aromatic N) is 1. The van der Waals surface area contributed by atoms with Crippen molar-refractivity contribution in [2.24, 2.45) is 0 Å². The first-order chi connectivity index (χ1) is 9.90. The van der Waals surface area contributed by atoms with Crippen molar-refractivity contribution in [1.82, 2.24) is 10.3 Å². The second kappa shape index (κ2) is 6.05. The summed E-state index contributed by atoms with van der Waals surface area (Å²) in [6.45, 7) is 5.55. The predicted octanol–water partition coefficient (Wildman–Crippen LogP) is 2.62. The van der Waals surface area contributed by atoms with Gasteiger partial charge in [0.15, 0.2) is 6.04 Å². The predicted molar refractivity (Wildman–Crippen MR) is 80.6 cm³/mol. The van der Waals surface area contributed by atoms with E-state index in [9.17, 15) is 14.7 Å². The van der Waals surface area contributed by atoms with E-state index in [-0.39, 0.29) is 0 Å². The number of carbonyl (C=O) groups excluding carboxylic acids is 1. The lowest BCUT2D eigenvalue weighted by Gasteiger charge is -2.17. The molecule has 0 aliphatic heterocycles. The van der Waals surface area contributed by atoms with Crippen molar-refractivity contribution < 1.29 is 14.7 Å². The van der Waals surface area contributed by atoms with Crippen molar-refractivity contribution in [2.75, 3.05) is 0 Å². The van der Waals surface area contributed by atoms with Crippen LogP contribution in [-0.4, -0.2) is 22.0 Å². The maximum atomic E-state index is 12.1. The van der Waals surface area contributed by atoms with Crippen LogP contribution in [0.4, 0.5) is 0 Å². The monoisotopic (exact) mass is 304 g/mol. The van der Waals surface area contributed by atoms with Crippen LogP contribution >= 0.6 is 11.3 Å². The van der Waals surface area contributed by atoms with E-state index < -0.39 is 17.9 Å². The second-order valence-corrected chi connectivity index (χ2v) is 6.01. The van der Waals surface area contributed by atoms with Gasteiger partial charge < -0.3 is 10.4 Å². The number of thiazole rings is 1. The Kier molecular flexibility index (Phi) is 4.37. The summed E-state index contributed by atoms with van der Waals surface area (Å²) in [6.07, 6.45) is 1.46. The van der Waals surface area contributed by atoms with Gasteiger partial charge in [0.2, 0.25) is 0 Å².